The van der Waals surface area contributed by atoms with E-state index in [1.165, 1.54) is 0 Å². The molecule has 0 aliphatic rings. The molecule has 0 fully saturated rings. The molecule has 0 heterocycles. The molecule has 82 valence electrons. The van der Waals surface area contributed by atoms with Crippen molar-refractivity contribution >= 4 is 5.69 Å². The summed E-state index contributed by atoms with van der Waals surface area (Å²) in [5, 5.41) is 19.9. The van der Waals surface area contributed by atoms with Crippen LogP contribution in [0, 0.1) is 15.9 Å². The SMILES string of the molecule is CC(N)Cc1cc(F)cc([N+](=O)[O-])c1O. The summed E-state index contributed by atoms with van der Waals surface area (Å²) in [6.07, 6.45) is 0.185. The maximum atomic E-state index is 13.0. The molecule has 0 amide bonds. The quantitative estimate of drug-likeness (QED) is 0.586. The summed E-state index contributed by atoms with van der Waals surface area (Å²) in [7, 11) is 0. The fraction of sp³-hybridized carbons (Fsp3) is 0.333. The largest absolute Gasteiger partial charge is 0.502 e. The molecule has 6 heteroatoms. The average molecular weight is 214 g/mol. The second kappa shape index (κ2) is 4.22. The lowest BCUT2D eigenvalue weighted by Crippen LogP contribution is -2.18. The van der Waals surface area contributed by atoms with Crippen LogP contribution in [0.3, 0.4) is 0 Å². The molecule has 1 unspecified atom stereocenters. The number of aromatic hydroxyl groups is 1. The van der Waals surface area contributed by atoms with Crippen LogP contribution in [0.4, 0.5) is 10.1 Å². The van der Waals surface area contributed by atoms with Crippen LogP contribution in [-0.4, -0.2) is 16.1 Å². The van der Waals surface area contributed by atoms with E-state index in [0.29, 0.717) is 6.07 Å². The molecule has 0 spiro atoms. The third-order valence-electron chi connectivity index (χ3n) is 1.87. The van der Waals surface area contributed by atoms with Crippen molar-refractivity contribution in [2.75, 3.05) is 0 Å². The Morgan fingerprint density at radius 1 is 1.67 bits per heavy atom. The molecule has 1 rings (SSSR count). The molecule has 0 aliphatic carbocycles. The van der Waals surface area contributed by atoms with E-state index >= 15 is 0 Å². The van der Waals surface area contributed by atoms with Crippen molar-refractivity contribution in [1.82, 2.24) is 0 Å². The molecule has 0 aliphatic heterocycles. The first-order valence-electron chi connectivity index (χ1n) is 4.33. The van der Waals surface area contributed by atoms with Crippen molar-refractivity contribution in [3.63, 3.8) is 0 Å². The van der Waals surface area contributed by atoms with Crippen molar-refractivity contribution in [3.05, 3.63) is 33.6 Å². The maximum absolute atomic E-state index is 13.0. The highest BCUT2D eigenvalue weighted by molar-refractivity contribution is 5.51. The van der Waals surface area contributed by atoms with Crippen LogP contribution in [0.1, 0.15) is 12.5 Å². The molecule has 0 radical (unpaired) electrons. The number of nitrogens with zero attached hydrogens (tertiary/aromatic N) is 1. The van der Waals surface area contributed by atoms with Gasteiger partial charge in [0.15, 0.2) is 5.75 Å². The van der Waals surface area contributed by atoms with E-state index in [1.807, 2.05) is 0 Å². The highest BCUT2D eigenvalue weighted by Crippen LogP contribution is 2.31. The summed E-state index contributed by atoms with van der Waals surface area (Å²) in [6.45, 7) is 1.66. The van der Waals surface area contributed by atoms with Crippen molar-refractivity contribution in [2.45, 2.75) is 19.4 Å². The van der Waals surface area contributed by atoms with Gasteiger partial charge in [-0.1, -0.05) is 0 Å². The number of phenolic OH excluding ortho intramolecular Hbond substituents is 1. The number of nitro benzene ring substituents is 1. The molecule has 0 aromatic heterocycles. The standard InChI is InChI=1S/C9H11FN2O3/c1-5(11)2-6-3-7(10)4-8(9(6)13)12(14)15/h3-5,13H,2,11H2,1H3. The van der Waals surface area contributed by atoms with E-state index in [-0.39, 0.29) is 18.0 Å². The molecule has 1 aromatic carbocycles. The van der Waals surface area contributed by atoms with Crippen LogP contribution in [0.2, 0.25) is 0 Å². The Hall–Kier alpha value is -1.69. The zero-order chi connectivity index (χ0) is 11.6. The Labute approximate surface area is 85.5 Å². The molecule has 3 N–H and O–H groups in total. The lowest BCUT2D eigenvalue weighted by atomic mass is 10.1. The third kappa shape index (κ3) is 2.63. The third-order valence-corrected chi connectivity index (χ3v) is 1.87. The summed E-state index contributed by atoms with van der Waals surface area (Å²) in [5.41, 5.74) is 4.98. The number of hydrogen-bond acceptors (Lipinski definition) is 4. The normalized spacial score (nSPS) is 12.5. The molecule has 0 saturated heterocycles. The minimum Gasteiger partial charge on any atom is -0.502 e. The maximum Gasteiger partial charge on any atom is 0.313 e. The van der Waals surface area contributed by atoms with Gasteiger partial charge in [0.1, 0.15) is 5.82 Å². The average Bonchev–Trinajstić information content (AvgIpc) is 2.09. The van der Waals surface area contributed by atoms with Gasteiger partial charge < -0.3 is 10.8 Å². The number of hydrogen-bond donors (Lipinski definition) is 2. The fourth-order valence-corrected chi connectivity index (χ4v) is 1.28. The number of halogens is 1. The summed E-state index contributed by atoms with van der Waals surface area (Å²) < 4.78 is 13.0. The Morgan fingerprint density at radius 2 is 2.27 bits per heavy atom. The summed E-state index contributed by atoms with van der Waals surface area (Å²) in [6, 6.07) is 1.42. The van der Waals surface area contributed by atoms with Gasteiger partial charge in [0.25, 0.3) is 0 Å². The first kappa shape index (κ1) is 11.4. The summed E-state index contributed by atoms with van der Waals surface area (Å²) in [5.74, 6) is -1.27. The number of rotatable bonds is 3. The molecule has 0 bridgehead atoms. The first-order chi connectivity index (χ1) is 6.91. The van der Waals surface area contributed by atoms with Gasteiger partial charge in [0.2, 0.25) is 0 Å². The highest BCUT2D eigenvalue weighted by Gasteiger charge is 2.19. The number of phenols is 1. The van der Waals surface area contributed by atoms with Crippen molar-refractivity contribution in [1.29, 1.82) is 0 Å². The highest BCUT2D eigenvalue weighted by atomic mass is 19.1. The molecule has 1 atom stereocenters. The predicted molar refractivity (Wildman–Crippen MR) is 52.1 cm³/mol. The van der Waals surface area contributed by atoms with Gasteiger partial charge in [-0.3, -0.25) is 10.1 Å². The van der Waals surface area contributed by atoms with Gasteiger partial charge in [-0.2, -0.15) is 0 Å². The summed E-state index contributed by atoms with van der Waals surface area (Å²) in [4.78, 5) is 9.63. The van der Waals surface area contributed by atoms with Crippen molar-refractivity contribution < 1.29 is 14.4 Å². The predicted octanol–water partition coefficient (Wildman–Crippen LogP) is 1.33. The number of nitro groups is 1. The summed E-state index contributed by atoms with van der Waals surface area (Å²) >= 11 is 0. The van der Waals surface area contributed by atoms with Crippen LogP contribution in [-0.2, 0) is 6.42 Å². The van der Waals surface area contributed by atoms with E-state index in [1.54, 1.807) is 6.92 Å². The topological polar surface area (TPSA) is 89.4 Å². The van der Waals surface area contributed by atoms with Crippen molar-refractivity contribution in [3.8, 4) is 5.75 Å². The lowest BCUT2D eigenvalue weighted by molar-refractivity contribution is -0.386. The second-order valence-electron chi connectivity index (χ2n) is 3.37. The van der Waals surface area contributed by atoms with E-state index < -0.39 is 22.2 Å². The van der Waals surface area contributed by atoms with E-state index in [4.69, 9.17) is 5.73 Å². The number of nitrogens with two attached hydrogens (primary N) is 1. The Morgan fingerprint density at radius 3 is 2.73 bits per heavy atom. The van der Waals surface area contributed by atoms with Crippen molar-refractivity contribution in [2.24, 2.45) is 5.73 Å². The monoisotopic (exact) mass is 214 g/mol. The van der Waals surface area contributed by atoms with Crippen LogP contribution in [0.25, 0.3) is 0 Å². The van der Waals surface area contributed by atoms with E-state index in [2.05, 4.69) is 0 Å². The molecule has 0 saturated carbocycles. The molecule has 5 nitrogen and oxygen atoms in total. The smallest absolute Gasteiger partial charge is 0.313 e. The zero-order valence-corrected chi connectivity index (χ0v) is 8.11. The van der Waals surface area contributed by atoms with E-state index in [9.17, 15) is 19.6 Å². The van der Waals surface area contributed by atoms with Gasteiger partial charge in [-0.25, -0.2) is 4.39 Å². The lowest BCUT2D eigenvalue weighted by Gasteiger charge is -2.07. The Bertz CT molecular complexity index is 393. The fourth-order valence-electron chi connectivity index (χ4n) is 1.28. The van der Waals surface area contributed by atoms with Crippen LogP contribution in [0.5, 0.6) is 5.75 Å². The molecular formula is C9H11FN2O3. The minimum absolute atomic E-state index is 0.150. The van der Waals surface area contributed by atoms with Gasteiger partial charge in [0.05, 0.1) is 11.0 Å². The van der Waals surface area contributed by atoms with Gasteiger partial charge in [-0.05, 0) is 19.4 Å². The molecule has 15 heavy (non-hydrogen) atoms. The number of benzene rings is 1. The van der Waals surface area contributed by atoms with E-state index in [0.717, 1.165) is 6.07 Å². The molecule has 1 aromatic rings. The van der Waals surface area contributed by atoms with Gasteiger partial charge >= 0.3 is 5.69 Å². The first-order valence-corrected chi connectivity index (χ1v) is 4.33. The second-order valence-corrected chi connectivity index (χ2v) is 3.37. The van der Waals surface area contributed by atoms with Crippen LogP contribution >= 0.6 is 0 Å². The van der Waals surface area contributed by atoms with Gasteiger partial charge in [-0.15, -0.1) is 0 Å². The van der Waals surface area contributed by atoms with Crippen LogP contribution in [0.15, 0.2) is 12.1 Å². The Kier molecular flexibility index (Phi) is 3.21. The molecular weight excluding hydrogens is 203 g/mol. The van der Waals surface area contributed by atoms with Gasteiger partial charge in [0, 0.05) is 11.6 Å². The minimum atomic E-state index is -0.830. The zero-order valence-electron chi connectivity index (χ0n) is 8.11. The Balaban J connectivity index is 3.22. The van der Waals surface area contributed by atoms with Crippen LogP contribution < -0.4 is 5.73 Å².